The number of allylic oxidation sites excluding steroid dienone is 1. The van der Waals surface area contributed by atoms with Crippen molar-refractivity contribution in [3.8, 4) is 0 Å². The van der Waals surface area contributed by atoms with Crippen molar-refractivity contribution in [1.29, 1.82) is 0 Å². The number of aliphatic hydroxyl groups is 2. The smallest absolute Gasteiger partial charge is 0.269 e. The Morgan fingerprint density at radius 1 is 1.06 bits per heavy atom. The molecular weight excluding hydrogens is 390 g/mol. The Kier molecular flexibility index (Phi) is 4.91. The van der Waals surface area contributed by atoms with Crippen molar-refractivity contribution in [2.75, 3.05) is 0 Å². The van der Waals surface area contributed by atoms with Gasteiger partial charge >= 0.3 is 0 Å². The second-order valence-corrected chi connectivity index (χ2v) is 10.9. The highest BCUT2D eigenvalue weighted by molar-refractivity contribution is 5.57. The maximum absolute atomic E-state index is 11.3. The van der Waals surface area contributed by atoms with Crippen LogP contribution < -0.4 is 0 Å². The standard InChI is InChI=1S/C26H33NO4/c1-25-11-9-20(28)15-18(25)5-8-21-22(25)10-12-26(2)23(21)14-17(24(26)29)13-16-3-6-19(7-4-16)27(30)31/h3-7,13,20-24,28-29H,8-12,14-15H2,1-2H3/b17-13-/t20-,21-,22+,23+,24+,25-,26-/m0/s1. The molecule has 7 atom stereocenters. The van der Waals surface area contributed by atoms with Gasteiger partial charge in [-0.3, -0.25) is 10.1 Å². The average Bonchev–Trinajstić information content (AvgIpc) is 2.99. The number of rotatable bonds is 2. The van der Waals surface area contributed by atoms with Crippen LogP contribution in [0.25, 0.3) is 6.08 Å². The minimum Gasteiger partial charge on any atom is -0.393 e. The maximum Gasteiger partial charge on any atom is 0.269 e. The second-order valence-electron chi connectivity index (χ2n) is 10.9. The molecule has 0 amide bonds. The van der Waals surface area contributed by atoms with Gasteiger partial charge in [-0.2, -0.15) is 0 Å². The molecular formula is C26H33NO4. The van der Waals surface area contributed by atoms with Gasteiger partial charge in [-0.25, -0.2) is 0 Å². The van der Waals surface area contributed by atoms with Gasteiger partial charge in [0.05, 0.1) is 17.1 Å². The lowest BCUT2D eigenvalue weighted by molar-refractivity contribution is -0.384. The van der Waals surface area contributed by atoms with Crippen LogP contribution in [0.3, 0.4) is 0 Å². The van der Waals surface area contributed by atoms with Crippen LogP contribution in [0.1, 0.15) is 64.4 Å². The predicted octanol–water partition coefficient (Wildman–Crippen LogP) is 5.27. The van der Waals surface area contributed by atoms with Crippen molar-refractivity contribution < 1.29 is 15.1 Å². The predicted molar refractivity (Wildman–Crippen MR) is 120 cm³/mol. The van der Waals surface area contributed by atoms with Crippen molar-refractivity contribution in [1.82, 2.24) is 0 Å². The summed E-state index contributed by atoms with van der Waals surface area (Å²) in [5.41, 5.74) is 3.63. The van der Waals surface area contributed by atoms with Crippen LogP contribution in [0.2, 0.25) is 0 Å². The monoisotopic (exact) mass is 423 g/mol. The van der Waals surface area contributed by atoms with E-state index in [1.54, 1.807) is 12.1 Å². The van der Waals surface area contributed by atoms with Gasteiger partial charge in [-0.15, -0.1) is 0 Å². The Bertz CT molecular complexity index is 951. The molecule has 4 aliphatic carbocycles. The molecule has 0 unspecified atom stereocenters. The molecule has 31 heavy (non-hydrogen) atoms. The largest absolute Gasteiger partial charge is 0.393 e. The SMILES string of the molecule is C[C@]12CC[C@@H]3[C@H](CC=C4C[C@@H](O)CC[C@@]43C)[C@H]1C/C(=C/c1ccc([N+](=O)[O-])cc1)[C@H]2O. The lowest BCUT2D eigenvalue weighted by Gasteiger charge is -2.57. The second kappa shape index (κ2) is 7.28. The summed E-state index contributed by atoms with van der Waals surface area (Å²) in [6, 6.07) is 6.61. The third-order valence-corrected chi connectivity index (χ3v) is 9.40. The van der Waals surface area contributed by atoms with E-state index in [4.69, 9.17) is 0 Å². The van der Waals surface area contributed by atoms with Crippen LogP contribution in [-0.4, -0.2) is 27.3 Å². The third-order valence-electron chi connectivity index (χ3n) is 9.40. The van der Waals surface area contributed by atoms with E-state index in [-0.39, 0.29) is 27.5 Å². The molecule has 5 nitrogen and oxygen atoms in total. The van der Waals surface area contributed by atoms with Gasteiger partial charge in [-0.1, -0.05) is 31.6 Å². The highest BCUT2D eigenvalue weighted by atomic mass is 16.6. The molecule has 0 aliphatic heterocycles. The van der Waals surface area contributed by atoms with E-state index in [0.29, 0.717) is 17.8 Å². The van der Waals surface area contributed by atoms with E-state index < -0.39 is 6.10 Å². The molecule has 0 heterocycles. The van der Waals surface area contributed by atoms with Crippen LogP contribution in [0.15, 0.2) is 41.5 Å². The van der Waals surface area contributed by atoms with E-state index in [9.17, 15) is 20.3 Å². The molecule has 0 saturated heterocycles. The third kappa shape index (κ3) is 3.20. The van der Waals surface area contributed by atoms with Gasteiger partial charge < -0.3 is 10.2 Å². The minimum absolute atomic E-state index is 0.0910. The topological polar surface area (TPSA) is 83.6 Å². The highest BCUT2D eigenvalue weighted by Crippen LogP contribution is 2.65. The summed E-state index contributed by atoms with van der Waals surface area (Å²) < 4.78 is 0. The summed E-state index contributed by atoms with van der Waals surface area (Å²) >= 11 is 0. The average molecular weight is 424 g/mol. The Morgan fingerprint density at radius 2 is 1.81 bits per heavy atom. The number of non-ortho nitro benzene ring substituents is 1. The highest BCUT2D eigenvalue weighted by Gasteiger charge is 2.59. The van der Waals surface area contributed by atoms with Crippen molar-refractivity contribution in [2.45, 2.75) is 71.0 Å². The van der Waals surface area contributed by atoms with Crippen LogP contribution in [0.5, 0.6) is 0 Å². The number of nitro groups is 1. The number of hydrogen-bond acceptors (Lipinski definition) is 4. The number of benzene rings is 1. The fourth-order valence-corrected chi connectivity index (χ4v) is 7.55. The van der Waals surface area contributed by atoms with Crippen molar-refractivity contribution in [3.05, 3.63) is 57.2 Å². The first kappa shape index (κ1) is 20.9. The number of nitro benzene ring substituents is 1. The molecule has 3 saturated carbocycles. The number of hydrogen-bond donors (Lipinski definition) is 2. The molecule has 3 fully saturated rings. The van der Waals surface area contributed by atoms with Crippen molar-refractivity contribution in [3.63, 3.8) is 0 Å². The molecule has 4 aliphatic rings. The zero-order valence-corrected chi connectivity index (χ0v) is 18.5. The molecule has 5 rings (SSSR count). The quantitative estimate of drug-likeness (QED) is 0.385. The number of nitrogens with zero attached hydrogens (tertiary/aromatic N) is 1. The fourth-order valence-electron chi connectivity index (χ4n) is 7.55. The van der Waals surface area contributed by atoms with Gasteiger partial charge in [-0.05, 0) is 91.4 Å². The van der Waals surface area contributed by atoms with Crippen LogP contribution >= 0.6 is 0 Å². The maximum atomic E-state index is 11.3. The first-order valence-corrected chi connectivity index (χ1v) is 11.7. The summed E-state index contributed by atoms with van der Waals surface area (Å²) in [4.78, 5) is 10.5. The zero-order valence-electron chi connectivity index (χ0n) is 18.5. The van der Waals surface area contributed by atoms with E-state index in [0.717, 1.165) is 56.1 Å². The molecule has 0 radical (unpaired) electrons. The number of fused-ring (bicyclic) bond motifs is 5. The van der Waals surface area contributed by atoms with E-state index in [1.165, 1.54) is 17.7 Å². The van der Waals surface area contributed by atoms with Gasteiger partial charge in [0.25, 0.3) is 5.69 Å². The first-order chi connectivity index (χ1) is 14.7. The summed E-state index contributed by atoms with van der Waals surface area (Å²) in [6.07, 6.45) is 10.7. The zero-order chi connectivity index (χ0) is 22.0. The van der Waals surface area contributed by atoms with Crippen molar-refractivity contribution in [2.24, 2.45) is 28.6 Å². The summed E-state index contributed by atoms with van der Waals surface area (Å²) in [7, 11) is 0. The fraction of sp³-hybridized carbons (Fsp3) is 0.615. The van der Waals surface area contributed by atoms with Gasteiger partial charge in [0.15, 0.2) is 0 Å². The Labute approximate surface area is 184 Å². The van der Waals surface area contributed by atoms with E-state index in [2.05, 4.69) is 26.0 Å². The van der Waals surface area contributed by atoms with Gasteiger partial charge in [0.1, 0.15) is 0 Å². The van der Waals surface area contributed by atoms with Gasteiger partial charge in [0.2, 0.25) is 0 Å². The van der Waals surface area contributed by atoms with Crippen LogP contribution in [0.4, 0.5) is 5.69 Å². The molecule has 0 bridgehead atoms. The summed E-state index contributed by atoms with van der Waals surface area (Å²) in [6.45, 7) is 4.69. The van der Waals surface area contributed by atoms with E-state index >= 15 is 0 Å². The number of aliphatic hydroxyl groups excluding tert-OH is 2. The van der Waals surface area contributed by atoms with Crippen LogP contribution in [0, 0.1) is 38.7 Å². The van der Waals surface area contributed by atoms with Crippen molar-refractivity contribution >= 4 is 11.8 Å². The summed E-state index contributed by atoms with van der Waals surface area (Å²) in [5, 5.41) is 32.5. The van der Waals surface area contributed by atoms with E-state index in [1.807, 2.05) is 0 Å². The normalized spacial score (nSPS) is 43.0. The lowest BCUT2D eigenvalue weighted by Crippen LogP contribution is -2.51. The molecule has 0 aromatic heterocycles. The van der Waals surface area contributed by atoms with Crippen LogP contribution in [-0.2, 0) is 0 Å². The molecule has 2 N–H and O–H groups in total. The van der Waals surface area contributed by atoms with Gasteiger partial charge in [0, 0.05) is 17.5 Å². The Hall–Kier alpha value is -1.98. The lowest BCUT2D eigenvalue weighted by atomic mass is 9.48. The molecule has 0 spiro atoms. The molecule has 5 heteroatoms. The molecule has 166 valence electrons. The minimum atomic E-state index is -0.458. The Morgan fingerprint density at radius 3 is 2.52 bits per heavy atom. The summed E-state index contributed by atoms with van der Waals surface area (Å²) in [5.74, 6) is 1.65. The molecule has 1 aromatic carbocycles. The first-order valence-electron chi connectivity index (χ1n) is 11.7. The Balaban J connectivity index is 1.44. The molecule has 1 aromatic rings.